The van der Waals surface area contributed by atoms with Crippen molar-refractivity contribution in [2.75, 3.05) is 13.1 Å². The second-order valence-corrected chi connectivity index (χ2v) is 4.78. The van der Waals surface area contributed by atoms with Gasteiger partial charge in [0.2, 0.25) is 0 Å². The number of hydrogen-bond acceptors (Lipinski definition) is 3. The SMILES string of the molecule is Cc1cccc(C(=O)N(CC(C)O)CC(C)O)c1. The van der Waals surface area contributed by atoms with Crippen LogP contribution in [0.5, 0.6) is 0 Å². The molecule has 2 N–H and O–H groups in total. The van der Waals surface area contributed by atoms with E-state index < -0.39 is 12.2 Å². The van der Waals surface area contributed by atoms with Crippen molar-refractivity contribution in [2.24, 2.45) is 0 Å². The molecule has 0 fully saturated rings. The molecule has 0 radical (unpaired) electrons. The highest BCUT2D eigenvalue weighted by molar-refractivity contribution is 5.94. The summed E-state index contributed by atoms with van der Waals surface area (Å²) in [5.74, 6) is -0.166. The van der Waals surface area contributed by atoms with Gasteiger partial charge in [0.1, 0.15) is 0 Å². The van der Waals surface area contributed by atoms with E-state index in [1.807, 2.05) is 19.1 Å². The number of amides is 1. The van der Waals surface area contributed by atoms with Crippen LogP contribution < -0.4 is 0 Å². The molecule has 0 aromatic heterocycles. The Kier molecular flexibility index (Phi) is 5.31. The first kappa shape index (κ1) is 14.7. The molecule has 4 heteroatoms. The molecule has 0 spiro atoms. The highest BCUT2D eigenvalue weighted by Crippen LogP contribution is 2.09. The number of carbonyl (C=O) groups is 1. The number of nitrogens with zero attached hydrogens (tertiary/aromatic N) is 1. The van der Waals surface area contributed by atoms with E-state index in [0.717, 1.165) is 5.56 Å². The zero-order valence-electron chi connectivity index (χ0n) is 11.1. The van der Waals surface area contributed by atoms with E-state index in [2.05, 4.69) is 0 Å². The Balaban J connectivity index is 2.87. The lowest BCUT2D eigenvalue weighted by Crippen LogP contribution is -2.40. The molecule has 2 atom stereocenters. The van der Waals surface area contributed by atoms with Gasteiger partial charge in [-0.3, -0.25) is 4.79 Å². The summed E-state index contributed by atoms with van der Waals surface area (Å²) in [5, 5.41) is 18.8. The summed E-state index contributed by atoms with van der Waals surface area (Å²) >= 11 is 0. The highest BCUT2D eigenvalue weighted by atomic mass is 16.3. The molecule has 4 nitrogen and oxygen atoms in total. The minimum absolute atomic E-state index is 0.166. The van der Waals surface area contributed by atoms with Crippen LogP contribution in [-0.2, 0) is 0 Å². The number of aliphatic hydroxyl groups is 2. The number of benzene rings is 1. The Morgan fingerprint density at radius 1 is 1.22 bits per heavy atom. The average molecular weight is 251 g/mol. The lowest BCUT2D eigenvalue weighted by Gasteiger charge is -2.25. The second-order valence-electron chi connectivity index (χ2n) is 4.78. The van der Waals surface area contributed by atoms with Crippen molar-refractivity contribution in [3.63, 3.8) is 0 Å². The van der Waals surface area contributed by atoms with Gasteiger partial charge in [0, 0.05) is 18.7 Å². The van der Waals surface area contributed by atoms with Crippen LogP contribution >= 0.6 is 0 Å². The molecule has 0 bridgehead atoms. The molecule has 1 aromatic carbocycles. The van der Waals surface area contributed by atoms with Crippen LogP contribution in [0.1, 0.15) is 29.8 Å². The quantitative estimate of drug-likeness (QED) is 0.826. The molecule has 1 aromatic rings. The van der Waals surface area contributed by atoms with Crippen molar-refractivity contribution in [1.29, 1.82) is 0 Å². The first-order valence-electron chi connectivity index (χ1n) is 6.12. The molecule has 1 amide bonds. The minimum atomic E-state index is -0.613. The van der Waals surface area contributed by atoms with Crippen LogP contribution in [0, 0.1) is 6.92 Å². The van der Waals surface area contributed by atoms with Gasteiger partial charge in [0.15, 0.2) is 0 Å². The fourth-order valence-corrected chi connectivity index (χ4v) is 1.84. The zero-order valence-corrected chi connectivity index (χ0v) is 11.1. The molecule has 0 aliphatic carbocycles. The Labute approximate surface area is 108 Å². The molecule has 0 heterocycles. The number of aryl methyl sites for hydroxylation is 1. The highest BCUT2D eigenvalue weighted by Gasteiger charge is 2.18. The summed E-state index contributed by atoms with van der Waals surface area (Å²) in [5.41, 5.74) is 1.59. The largest absolute Gasteiger partial charge is 0.392 e. The maximum absolute atomic E-state index is 12.3. The number of rotatable bonds is 5. The topological polar surface area (TPSA) is 60.8 Å². The van der Waals surface area contributed by atoms with Crippen LogP contribution in [0.4, 0.5) is 0 Å². The maximum atomic E-state index is 12.3. The van der Waals surface area contributed by atoms with Gasteiger partial charge >= 0.3 is 0 Å². The fourth-order valence-electron chi connectivity index (χ4n) is 1.84. The van der Waals surface area contributed by atoms with E-state index >= 15 is 0 Å². The molecule has 0 aliphatic rings. The van der Waals surface area contributed by atoms with E-state index in [0.29, 0.717) is 5.56 Å². The molecule has 0 saturated carbocycles. The Bertz CT molecular complexity index is 392. The molecule has 18 heavy (non-hydrogen) atoms. The van der Waals surface area contributed by atoms with Gasteiger partial charge in [-0.15, -0.1) is 0 Å². The monoisotopic (exact) mass is 251 g/mol. The minimum Gasteiger partial charge on any atom is -0.392 e. The molecular formula is C14H21NO3. The van der Waals surface area contributed by atoms with Crippen LogP contribution in [0.3, 0.4) is 0 Å². The number of carbonyl (C=O) groups excluding carboxylic acids is 1. The normalized spacial score (nSPS) is 14.1. The second kappa shape index (κ2) is 6.52. The lowest BCUT2D eigenvalue weighted by atomic mass is 10.1. The Morgan fingerprint density at radius 2 is 1.78 bits per heavy atom. The van der Waals surface area contributed by atoms with Crippen LogP contribution in [0.15, 0.2) is 24.3 Å². The first-order valence-corrected chi connectivity index (χ1v) is 6.12. The van der Waals surface area contributed by atoms with Crippen molar-refractivity contribution in [1.82, 2.24) is 4.90 Å². The molecule has 2 unspecified atom stereocenters. The molecule has 0 aliphatic heterocycles. The van der Waals surface area contributed by atoms with Gasteiger partial charge < -0.3 is 15.1 Å². The predicted octanol–water partition coefficient (Wildman–Crippen LogP) is 1.20. The van der Waals surface area contributed by atoms with E-state index in [1.165, 1.54) is 4.90 Å². The number of hydrogen-bond donors (Lipinski definition) is 2. The molecular weight excluding hydrogens is 230 g/mol. The molecule has 0 saturated heterocycles. The Hall–Kier alpha value is -1.39. The van der Waals surface area contributed by atoms with Crippen molar-refractivity contribution >= 4 is 5.91 Å². The third-order valence-corrected chi connectivity index (χ3v) is 2.52. The fraction of sp³-hybridized carbons (Fsp3) is 0.500. The van der Waals surface area contributed by atoms with Gasteiger partial charge in [-0.25, -0.2) is 0 Å². The standard InChI is InChI=1S/C14H21NO3/c1-10-5-4-6-13(7-10)14(18)15(8-11(2)16)9-12(3)17/h4-7,11-12,16-17H,8-9H2,1-3H3. The van der Waals surface area contributed by atoms with E-state index in [1.54, 1.807) is 26.0 Å². The summed E-state index contributed by atoms with van der Waals surface area (Å²) in [6.07, 6.45) is -1.23. The van der Waals surface area contributed by atoms with Gasteiger partial charge in [-0.1, -0.05) is 17.7 Å². The maximum Gasteiger partial charge on any atom is 0.254 e. The van der Waals surface area contributed by atoms with Gasteiger partial charge in [0.25, 0.3) is 5.91 Å². The van der Waals surface area contributed by atoms with E-state index in [4.69, 9.17) is 0 Å². The summed E-state index contributed by atoms with van der Waals surface area (Å²) in [7, 11) is 0. The van der Waals surface area contributed by atoms with Crippen molar-refractivity contribution in [2.45, 2.75) is 33.0 Å². The van der Waals surface area contributed by atoms with Gasteiger partial charge in [-0.2, -0.15) is 0 Å². The summed E-state index contributed by atoms with van der Waals surface area (Å²) in [6, 6.07) is 7.29. The van der Waals surface area contributed by atoms with E-state index in [-0.39, 0.29) is 19.0 Å². The smallest absolute Gasteiger partial charge is 0.254 e. The Morgan fingerprint density at radius 3 is 2.22 bits per heavy atom. The van der Waals surface area contributed by atoms with Crippen LogP contribution in [0.25, 0.3) is 0 Å². The van der Waals surface area contributed by atoms with Crippen molar-refractivity contribution in [3.05, 3.63) is 35.4 Å². The number of aliphatic hydroxyl groups excluding tert-OH is 2. The van der Waals surface area contributed by atoms with Crippen LogP contribution in [-0.4, -0.2) is 46.3 Å². The van der Waals surface area contributed by atoms with Crippen molar-refractivity contribution in [3.8, 4) is 0 Å². The van der Waals surface area contributed by atoms with Crippen LogP contribution in [0.2, 0.25) is 0 Å². The first-order chi connectivity index (χ1) is 8.40. The lowest BCUT2D eigenvalue weighted by molar-refractivity contribution is 0.0518. The third kappa shape index (κ3) is 4.47. The molecule has 100 valence electrons. The summed E-state index contributed by atoms with van der Waals surface area (Å²) < 4.78 is 0. The average Bonchev–Trinajstić information content (AvgIpc) is 2.26. The van der Waals surface area contributed by atoms with Gasteiger partial charge in [0.05, 0.1) is 12.2 Å². The predicted molar refractivity (Wildman–Crippen MR) is 70.4 cm³/mol. The zero-order chi connectivity index (χ0) is 13.7. The summed E-state index contributed by atoms with van der Waals surface area (Å²) in [6.45, 7) is 5.61. The molecule has 1 rings (SSSR count). The third-order valence-electron chi connectivity index (χ3n) is 2.52. The van der Waals surface area contributed by atoms with Gasteiger partial charge in [-0.05, 0) is 32.9 Å². The van der Waals surface area contributed by atoms with Crippen molar-refractivity contribution < 1.29 is 15.0 Å². The van der Waals surface area contributed by atoms with E-state index in [9.17, 15) is 15.0 Å². The summed E-state index contributed by atoms with van der Waals surface area (Å²) in [4.78, 5) is 13.7.